The summed E-state index contributed by atoms with van der Waals surface area (Å²) in [4.78, 5) is 9.01. The molecule has 0 unspecified atom stereocenters. The molecular formula is C16H29ClN4. The molecule has 0 atom stereocenters. The zero-order valence-electron chi connectivity index (χ0n) is 13.8. The summed E-state index contributed by atoms with van der Waals surface area (Å²) in [6, 6.07) is 2.12. The van der Waals surface area contributed by atoms with E-state index in [2.05, 4.69) is 54.1 Å². The molecular weight excluding hydrogens is 284 g/mol. The molecule has 1 aromatic heterocycles. The van der Waals surface area contributed by atoms with Crippen LogP contribution in [0.2, 0.25) is 5.02 Å². The average Bonchev–Trinajstić information content (AvgIpc) is 2.46. The van der Waals surface area contributed by atoms with E-state index in [0.717, 1.165) is 62.0 Å². The lowest BCUT2D eigenvalue weighted by molar-refractivity contribution is 0.400. The van der Waals surface area contributed by atoms with E-state index in [4.69, 9.17) is 11.6 Å². The third-order valence-corrected chi connectivity index (χ3v) is 3.74. The van der Waals surface area contributed by atoms with Crippen LogP contribution in [0.5, 0.6) is 0 Å². The highest BCUT2D eigenvalue weighted by molar-refractivity contribution is 6.31. The van der Waals surface area contributed by atoms with E-state index in [0.29, 0.717) is 0 Å². The number of halogens is 1. The number of nitrogens with one attached hydrogen (secondary N) is 1. The van der Waals surface area contributed by atoms with Crippen LogP contribution in [-0.2, 0) is 6.54 Å². The lowest BCUT2D eigenvalue weighted by Crippen LogP contribution is -2.28. The number of nitrogens with zero attached hydrogens (tertiary/aromatic N) is 3. The van der Waals surface area contributed by atoms with Crippen LogP contribution < -0.4 is 10.2 Å². The van der Waals surface area contributed by atoms with Crippen molar-refractivity contribution >= 4 is 17.4 Å². The molecule has 1 N–H and O–H groups in total. The van der Waals surface area contributed by atoms with E-state index in [1.54, 1.807) is 6.20 Å². The Bertz CT molecular complexity index is 409. The molecule has 4 nitrogen and oxygen atoms in total. The van der Waals surface area contributed by atoms with Gasteiger partial charge in [0.25, 0.3) is 0 Å². The Balaban J connectivity index is 2.68. The molecule has 0 amide bonds. The molecule has 120 valence electrons. The van der Waals surface area contributed by atoms with Crippen LogP contribution in [0.25, 0.3) is 0 Å². The molecule has 0 saturated heterocycles. The second kappa shape index (κ2) is 9.98. The van der Waals surface area contributed by atoms with E-state index in [1.165, 1.54) is 0 Å². The minimum absolute atomic E-state index is 0.742. The third kappa shape index (κ3) is 6.64. The molecule has 0 fully saturated rings. The summed E-state index contributed by atoms with van der Waals surface area (Å²) >= 11 is 6.24. The average molecular weight is 313 g/mol. The molecule has 0 saturated carbocycles. The van der Waals surface area contributed by atoms with Gasteiger partial charge in [-0.2, -0.15) is 0 Å². The highest BCUT2D eigenvalue weighted by atomic mass is 35.5. The molecule has 0 aliphatic heterocycles. The maximum Gasteiger partial charge on any atom is 0.128 e. The maximum atomic E-state index is 6.24. The Morgan fingerprint density at radius 1 is 1.24 bits per heavy atom. The maximum absolute atomic E-state index is 6.24. The molecule has 0 bridgehead atoms. The summed E-state index contributed by atoms with van der Waals surface area (Å²) in [5, 5.41) is 4.14. The summed E-state index contributed by atoms with van der Waals surface area (Å²) in [6.45, 7) is 9.22. The largest absolute Gasteiger partial charge is 0.357 e. The topological polar surface area (TPSA) is 31.4 Å². The summed E-state index contributed by atoms with van der Waals surface area (Å²) in [5.74, 6) is 1.02. The van der Waals surface area contributed by atoms with E-state index in [9.17, 15) is 0 Å². The van der Waals surface area contributed by atoms with Gasteiger partial charge in [-0.05, 0) is 58.6 Å². The third-order valence-electron chi connectivity index (χ3n) is 3.40. The van der Waals surface area contributed by atoms with Crippen molar-refractivity contribution in [1.29, 1.82) is 0 Å². The summed E-state index contributed by atoms with van der Waals surface area (Å²) in [5.41, 5.74) is 1.13. The number of hydrogen-bond donors (Lipinski definition) is 1. The first-order valence-corrected chi connectivity index (χ1v) is 8.21. The Morgan fingerprint density at radius 3 is 2.62 bits per heavy atom. The highest BCUT2D eigenvalue weighted by Gasteiger charge is 2.09. The van der Waals surface area contributed by atoms with Gasteiger partial charge in [-0.25, -0.2) is 4.98 Å². The van der Waals surface area contributed by atoms with Gasteiger partial charge in [0.1, 0.15) is 5.82 Å². The van der Waals surface area contributed by atoms with Gasteiger partial charge < -0.3 is 15.1 Å². The number of pyridine rings is 1. The molecule has 0 spiro atoms. The van der Waals surface area contributed by atoms with Gasteiger partial charge in [-0.15, -0.1) is 0 Å². The number of hydrogen-bond acceptors (Lipinski definition) is 4. The summed E-state index contributed by atoms with van der Waals surface area (Å²) in [7, 11) is 4.21. The van der Waals surface area contributed by atoms with Gasteiger partial charge in [0.15, 0.2) is 0 Å². The highest BCUT2D eigenvalue weighted by Crippen LogP contribution is 2.20. The molecule has 1 heterocycles. The van der Waals surface area contributed by atoms with Crippen molar-refractivity contribution in [2.75, 3.05) is 45.2 Å². The number of rotatable bonds is 10. The molecule has 0 aliphatic rings. The van der Waals surface area contributed by atoms with Crippen LogP contribution in [0.3, 0.4) is 0 Å². The lowest BCUT2D eigenvalue weighted by Gasteiger charge is -2.23. The van der Waals surface area contributed by atoms with Crippen LogP contribution in [0.4, 0.5) is 5.82 Å². The molecule has 1 aromatic rings. The predicted molar refractivity (Wildman–Crippen MR) is 92.3 cm³/mol. The molecule has 1 rings (SSSR count). The minimum Gasteiger partial charge on any atom is -0.357 e. The van der Waals surface area contributed by atoms with Crippen LogP contribution >= 0.6 is 11.6 Å². The normalized spacial score (nSPS) is 11.1. The predicted octanol–water partition coefficient (Wildman–Crippen LogP) is 3.01. The first-order valence-electron chi connectivity index (χ1n) is 7.83. The van der Waals surface area contributed by atoms with Gasteiger partial charge in [-0.1, -0.05) is 18.5 Å². The fourth-order valence-corrected chi connectivity index (χ4v) is 2.36. The standard InChI is InChI=1S/C16H29ClN4/c1-5-8-18-12-14-11-16(19-13-15(14)17)21(6-2)10-7-9-20(3)4/h11,13,18H,5-10,12H2,1-4H3. The SMILES string of the molecule is CCCNCc1cc(N(CC)CCCN(C)C)ncc1Cl. The Morgan fingerprint density at radius 2 is 2.00 bits per heavy atom. The van der Waals surface area contributed by atoms with Gasteiger partial charge in [-0.3, -0.25) is 0 Å². The van der Waals surface area contributed by atoms with Crippen LogP contribution in [0, 0.1) is 0 Å². The quantitative estimate of drug-likeness (QED) is 0.673. The zero-order chi connectivity index (χ0) is 15.7. The molecule has 5 heteroatoms. The van der Waals surface area contributed by atoms with Crippen molar-refractivity contribution in [3.8, 4) is 0 Å². The molecule has 0 aromatic carbocycles. The second-order valence-corrected chi connectivity index (χ2v) is 5.95. The minimum atomic E-state index is 0.742. The first kappa shape index (κ1) is 18.2. The lowest BCUT2D eigenvalue weighted by atomic mass is 10.2. The summed E-state index contributed by atoms with van der Waals surface area (Å²) in [6.07, 6.45) is 4.03. The van der Waals surface area contributed by atoms with E-state index in [-0.39, 0.29) is 0 Å². The van der Waals surface area contributed by atoms with Crippen LogP contribution in [0.15, 0.2) is 12.3 Å². The Kier molecular flexibility index (Phi) is 8.66. The van der Waals surface area contributed by atoms with Crippen molar-refractivity contribution in [2.45, 2.75) is 33.2 Å². The van der Waals surface area contributed by atoms with E-state index >= 15 is 0 Å². The van der Waals surface area contributed by atoms with Crippen molar-refractivity contribution < 1.29 is 0 Å². The van der Waals surface area contributed by atoms with Crippen molar-refractivity contribution in [2.24, 2.45) is 0 Å². The number of anilines is 1. The van der Waals surface area contributed by atoms with Crippen LogP contribution in [0.1, 0.15) is 32.3 Å². The van der Waals surface area contributed by atoms with Gasteiger partial charge in [0, 0.05) is 25.8 Å². The van der Waals surface area contributed by atoms with Gasteiger partial charge >= 0.3 is 0 Å². The van der Waals surface area contributed by atoms with E-state index < -0.39 is 0 Å². The van der Waals surface area contributed by atoms with Crippen molar-refractivity contribution in [1.82, 2.24) is 15.2 Å². The van der Waals surface area contributed by atoms with Gasteiger partial charge in [0.2, 0.25) is 0 Å². The Labute approximate surface area is 134 Å². The number of aromatic nitrogens is 1. The molecule has 0 aliphatic carbocycles. The van der Waals surface area contributed by atoms with Crippen LogP contribution in [-0.4, -0.2) is 50.2 Å². The fraction of sp³-hybridized carbons (Fsp3) is 0.688. The first-order chi connectivity index (χ1) is 10.1. The smallest absolute Gasteiger partial charge is 0.128 e. The van der Waals surface area contributed by atoms with Crippen molar-refractivity contribution in [3.05, 3.63) is 22.8 Å². The van der Waals surface area contributed by atoms with Crippen molar-refractivity contribution in [3.63, 3.8) is 0 Å². The molecule has 0 radical (unpaired) electrons. The summed E-state index contributed by atoms with van der Waals surface area (Å²) < 4.78 is 0. The van der Waals surface area contributed by atoms with Gasteiger partial charge in [0.05, 0.1) is 5.02 Å². The van der Waals surface area contributed by atoms with E-state index in [1.807, 2.05) is 0 Å². The zero-order valence-corrected chi connectivity index (χ0v) is 14.6. The fourth-order valence-electron chi connectivity index (χ4n) is 2.19. The Hall–Kier alpha value is -0.840. The monoisotopic (exact) mass is 312 g/mol. The second-order valence-electron chi connectivity index (χ2n) is 5.55. The molecule has 21 heavy (non-hydrogen) atoms.